The summed E-state index contributed by atoms with van der Waals surface area (Å²) in [6.07, 6.45) is 0.749. The summed E-state index contributed by atoms with van der Waals surface area (Å²) in [5.41, 5.74) is 6.97. The van der Waals surface area contributed by atoms with E-state index in [0.29, 0.717) is 6.54 Å². The number of nitrogens with zero attached hydrogens (tertiary/aromatic N) is 3. The number of carbonyl (C=O) groups is 1. The second-order valence-electron chi connectivity index (χ2n) is 7.64. The van der Waals surface area contributed by atoms with Gasteiger partial charge in [-0.1, -0.05) is 61.9 Å². The largest absolute Gasteiger partial charge is 0.295 e. The van der Waals surface area contributed by atoms with Crippen molar-refractivity contribution in [2.24, 2.45) is 5.10 Å². The Bertz CT molecular complexity index is 883. The van der Waals surface area contributed by atoms with Crippen LogP contribution < -0.4 is 0 Å². The maximum atomic E-state index is 13.2. The molecule has 1 aliphatic rings. The number of benzene rings is 2. The van der Waals surface area contributed by atoms with E-state index in [9.17, 15) is 4.79 Å². The van der Waals surface area contributed by atoms with Crippen LogP contribution in [-0.2, 0) is 4.79 Å². The van der Waals surface area contributed by atoms with Crippen LogP contribution in [0.4, 0.5) is 0 Å². The first kappa shape index (κ1) is 20.3. The van der Waals surface area contributed by atoms with Crippen molar-refractivity contribution in [3.63, 3.8) is 0 Å². The lowest BCUT2D eigenvalue weighted by Gasteiger charge is -2.26. The van der Waals surface area contributed by atoms with E-state index < -0.39 is 0 Å². The highest BCUT2D eigenvalue weighted by molar-refractivity contribution is 6.04. The summed E-state index contributed by atoms with van der Waals surface area (Å²) in [5, 5.41) is 6.57. The molecule has 2 aromatic rings. The van der Waals surface area contributed by atoms with Crippen LogP contribution in [0.3, 0.4) is 0 Å². The molecule has 3 rings (SSSR count). The van der Waals surface area contributed by atoms with Gasteiger partial charge in [0.25, 0.3) is 5.91 Å². The molecule has 0 aromatic heterocycles. The SMILES string of the molecule is CCN(CC)CC(=O)N1N=C(c2ccc(C)cc2C)C[C@H]1c1ccccc1C. The van der Waals surface area contributed by atoms with Gasteiger partial charge in [0.15, 0.2) is 0 Å². The molecular weight excluding hydrogens is 346 g/mol. The van der Waals surface area contributed by atoms with Crippen LogP contribution >= 0.6 is 0 Å². The van der Waals surface area contributed by atoms with Crippen molar-refractivity contribution in [3.05, 3.63) is 70.3 Å². The molecule has 0 aliphatic carbocycles. The molecule has 2 aromatic carbocycles. The molecule has 0 bridgehead atoms. The van der Waals surface area contributed by atoms with E-state index in [4.69, 9.17) is 5.10 Å². The Balaban J connectivity index is 1.97. The second-order valence-corrected chi connectivity index (χ2v) is 7.64. The van der Waals surface area contributed by atoms with Gasteiger partial charge in [-0.15, -0.1) is 0 Å². The van der Waals surface area contributed by atoms with Gasteiger partial charge in [0.2, 0.25) is 0 Å². The van der Waals surface area contributed by atoms with Gasteiger partial charge in [-0.25, -0.2) is 5.01 Å². The Morgan fingerprint density at radius 2 is 1.79 bits per heavy atom. The van der Waals surface area contributed by atoms with Crippen LogP contribution in [0, 0.1) is 20.8 Å². The maximum absolute atomic E-state index is 13.2. The molecule has 148 valence electrons. The monoisotopic (exact) mass is 377 g/mol. The molecule has 28 heavy (non-hydrogen) atoms. The van der Waals surface area contributed by atoms with E-state index in [-0.39, 0.29) is 11.9 Å². The van der Waals surface area contributed by atoms with Crippen molar-refractivity contribution in [1.82, 2.24) is 9.91 Å². The fourth-order valence-electron chi connectivity index (χ4n) is 3.95. The number of likely N-dealkylation sites (N-methyl/N-ethyl adjacent to an activating group) is 1. The molecule has 1 amide bonds. The van der Waals surface area contributed by atoms with Crippen molar-refractivity contribution < 1.29 is 4.79 Å². The fourth-order valence-corrected chi connectivity index (χ4v) is 3.95. The Labute approximate surface area is 168 Å². The minimum Gasteiger partial charge on any atom is -0.295 e. The fraction of sp³-hybridized carbons (Fsp3) is 0.417. The van der Waals surface area contributed by atoms with Gasteiger partial charge >= 0.3 is 0 Å². The van der Waals surface area contributed by atoms with E-state index in [1.165, 1.54) is 22.3 Å². The molecule has 0 N–H and O–H groups in total. The summed E-state index contributed by atoms with van der Waals surface area (Å²) < 4.78 is 0. The summed E-state index contributed by atoms with van der Waals surface area (Å²) in [6, 6.07) is 14.7. The number of hydrazone groups is 1. The van der Waals surface area contributed by atoms with E-state index in [0.717, 1.165) is 30.8 Å². The standard InChI is InChI=1S/C24H31N3O/c1-6-26(7-2)16-24(28)27-23(21-11-9-8-10-18(21)4)15-22(25-27)20-13-12-17(3)14-19(20)5/h8-14,23H,6-7,15-16H2,1-5H3/t23-/m0/s1. The van der Waals surface area contributed by atoms with Gasteiger partial charge < -0.3 is 0 Å². The van der Waals surface area contributed by atoms with Crippen molar-refractivity contribution in [1.29, 1.82) is 0 Å². The first-order valence-corrected chi connectivity index (χ1v) is 10.2. The molecule has 4 nitrogen and oxygen atoms in total. The smallest absolute Gasteiger partial charge is 0.257 e. The Kier molecular flexibility index (Phi) is 6.30. The van der Waals surface area contributed by atoms with Crippen LogP contribution in [-0.4, -0.2) is 41.2 Å². The van der Waals surface area contributed by atoms with E-state index in [2.05, 4.69) is 69.9 Å². The minimum absolute atomic E-state index is 0.0417. The lowest BCUT2D eigenvalue weighted by atomic mass is 9.93. The number of aryl methyl sites for hydroxylation is 3. The number of carbonyl (C=O) groups excluding carboxylic acids is 1. The van der Waals surface area contributed by atoms with E-state index in [1.807, 2.05) is 12.1 Å². The normalized spacial score (nSPS) is 16.6. The third kappa shape index (κ3) is 4.17. The zero-order valence-electron chi connectivity index (χ0n) is 17.7. The molecule has 1 aliphatic heterocycles. The number of rotatable bonds is 6. The molecule has 4 heteroatoms. The minimum atomic E-state index is -0.0417. The van der Waals surface area contributed by atoms with E-state index >= 15 is 0 Å². The summed E-state index contributed by atoms with van der Waals surface area (Å²) >= 11 is 0. The second kappa shape index (κ2) is 8.70. The average molecular weight is 378 g/mol. The molecule has 1 heterocycles. The van der Waals surface area contributed by atoms with Crippen molar-refractivity contribution >= 4 is 11.6 Å². The molecule has 0 spiro atoms. The van der Waals surface area contributed by atoms with Crippen molar-refractivity contribution in [3.8, 4) is 0 Å². The molecular formula is C24H31N3O. The molecule has 0 unspecified atom stereocenters. The summed E-state index contributed by atoms with van der Waals surface area (Å²) in [7, 11) is 0. The van der Waals surface area contributed by atoms with Gasteiger partial charge in [0.1, 0.15) is 0 Å². The lowest BCUT2D eigenvalue weighted by Crippen LogP contribution is -2.38. The van der Waals surface area contributed by atoms with Crippen LogP contribution in [0.5, 0.6) is 0 Å². The van der Waals surface area contributed by atoms with Gasteiger partial charge in [-0.2, -0.15) is 5.10 Å². The summed E-state index contributed by atoms with van der Waals surface area (Å²) in [5.74, 6) is 0.0664. The predicted octanol–water partition coefficient (Wildman–Crippen LogP) is 4.63. The topological polar surface area (TPSA) is 35.9 Å². The van der Waals surface area contributed by atoms with Gasteiger partial charge in [0.05, 0.1) is 18.3 Å². The van der Waals surface area contributed by atoms with E-state index in [1.54, 1.807) is 5.01 Å². The highest BCUT2D eigenvalue weighted by atomic mass is 16.2. The predicted molar refractivity (Wildman–Crippen MR) is 116 cm³/mol. The zero-order chi connectivity index (χ0) is 20.3. The molecule has 0 saturated heterocycles. The van der Waals surface area contributed by atoms with Crippen molar-refractivity contribution in [2.75, 3.05) is 19.6 Å². The highest BCUT2D eigenvalue weighted by Gasteiger charge is 2.34. The first-order valence-electron chi connectivity index (χ1n) is 10.2. The molecule has 1 atom stereocenters. The number of hydrogen-bond acceptors (Lipinski definition) is 3. The summed E-state index contributed by atoms with van der Waals surface area (Å²) in [4.78, 5) is 15.3. The molecule has 0 fully saturated rings. The number of amides is 1. The Morgan fingerprint density at radius 3 is 2.43 bits per heavy atom. The first-order chi connectivity index (χ1) is 13.4. The zero-order valence-corrected chi connectivity index (χ0v) is 17.7. The Hall–Kier alpha value is -2.46. The van der Waals surface area contributed by atoms with Gasteiger partial charge in [-0.3, -0.25) is 9.69 Å². The van der Waals surface area contributed by atoms with Gasteiger partial charge in [-0.05, 0) is 50.6 Å². The number of hydrogen-bond donors (Lipinski definition) is 0. The van der Waals surface area contributed by atoms with Crippen LogP contribution in [0.1, 0.15) is 54.1 Å². The van der Waals surface area contributed by atoms with Crippen molar-refractivity contribution in [2.45, 2.75) is 47.1 Å². The molecule has 0 radical (unpaired) electrons. The highest BCUT2D eigenvalue weighted by Crippen LogP contribution is 2.35. The van der Waals surface area contributed by atoms with Crippen LogP contribution in [0.15, 0.2) is 47.6 Å². The lowest BCUT2D eigenvalue weighted by molar-refractivity contribution is -0.134. The van der Waals surface area contributed by atoms with Crippen LogP contribution in [0.25, 0.3) is 0 Å². The summed E-state index contributed by atoms with van der Waals surface area (Å²) in [6.45, 7) is 12.6. The third-order valence-electron chi connectivity index (χ3n) is 5.66. The Morgan fingerprint density at radius 1 is 1.07 bits per heavy atom. The maximum Gasteiger partial charge on any atom is 0.257 e. The quantitative estimate of drug-likeness (QED) is 0.736. The average Bonchev–Trinajstić information content (AvgIpc) is 3.11. The van der Waals surface area contributed by atoms with Crippen LogP contribution in [0.2, 0.25) is 0 Å². The third-order valence-corrected chi connectivity index (χ3v) is 5.66. The molecule has 0 saturated carbocycles. The van der Waals surface area contributed by atoms with Gasteiger partial charge in [0, 0.05) is 12.0 Å².